The Balaban J connectivity index is 1.40. The molecule has 3 heterocycles. The molecular formula is C28H33F3N6O2. The van der Waals surface area contributed by atoms with E-state index >= 15 is 0 Å². The molecule has 0 saturated heterocycles. The number of hydrogen-bond donors (Lipinski definition) is 0. The van der Waals surface area contributed by atoms with E-state index in [9.17, 15) is 13.2 Å². The van der Waals surface area contributed by atoms with E-state index in [1.54, 1.807) is 0 Å². The molecule has 3 aromatic heterocycles. The van der Waals surface area contributed by atoms with Gasteiger partial charge in [0, 0.05) is 35.2 Å². The lowest BCUT2D eigenvalue weighted by Gasteiger charge is -2.30. The number of rotatable bonds is 11. The minimum atomic E-state index is -4.75. The number of aryl methyl sites for hydroxylation is 2. The zero-order valence-corrected chi connectivity index (χ0v) is 22.7. The van der Waals surface area contributed by atoms with E-state index in [0.717, 1.165) is 36.3 Å². The summed E-state index contributed by atoms with van der Waals surface area (Å²) >= 11 is 0. The van der Waals surface area contributed by atoms with Crippen LogP contribution in [0.1, 0.15) is 51.1 Å². The van der Waals surface area contributed by atoms with Gasteiger partial charge in [0.15, 0.2) is 5.69 Å². The fourth-order valence-corrected chi connectivity index (χ4v) is 4.52. The van der Waals surface area contributed by atoms with Crippen molar-refractivity contribution in [1.82, 2.24) is 29.8 Å². The Morgan fingerprint density at radius 1 is 1.03 bits per heavy atom. The number of alkyl halides is 3. The molecule has 0 aliphatic heterocycles. The van der Waals surface area contributed by atoms with Crippen LogP contribution in [0.15, 0.2) is 53.2 Å². The van der Waals surface area contributed by atoms with Crippen LogP contribution in [-0.2, 0) is 13.0 Å². The topological polar surface area (TPSA) is 82.1 Å². The lowest BCUT2D eigenvalue weighted by atomic mass is 10.1. The van der Waals surface area contributed by atoms with E-state index in [1.807, 2.05) is 29.9 Å². The predicted octanol–water partition coefficient (Wildman–Crippen LogP) is 6.30. The van der Waals surface area contributed by atoms with Crippen molar-refractivity contribution in [2.24, 2.45) is 0 Å². The summed E-state index contributed by atoms with van der Waals surface area (Å²) < 4.78 is 48.3. The maximum atomic E-state index is 12.4. The number of ether oxygens (including phenoxy) is 1. The Morgan fingerprint density at radius 3 is 2.41 bits per heavy atom. The van der Waals surface area contributed by atoms with Gasteiger partial charge in [0.2, 0.25) is 5.82 Å². The molecule has 208 valence electrons. The van der Waals surface area contributed by atoms with Gasteiger partial charge in [-0.3, -0.25) is 14.6 Å². The summed E-state index contributed by atoms with van der Waals surface area (Å²) in [5.41, 5.74) is 4.07. The minimum Gasteiger partial charge on any atom is -0.406 e. The van der Waals surface area contributed by atoms with Crippen LogP contribution in [0.25, 0.3) is 23.0 Å². The third-order valence-electron chi connectivity index (χ3n) is 6.36. The lowest BCUT2D eigenvalue weighted by molar-refractivity contribution is -0.274. The molecule has 8 nitrogen and oxygen atoms in total. The van der Waals surface area contributed by atoms with Gasteiger partial charge in [-0.05, 0) is 102 Å². The molecule has 0 aliphatic carbocycles. The van der Waals surface area contributed by atoms with E-state index < -0.39 is 6.36 Å². The van der Waals surface area contributed by atoms with Gasteiger partial charge in [-0.2, -0.15) is 10.1 Å². The van der Waals surface area contributed by atoms with Gasteiger partial charge < -0.3 is 9.26 Å². The summed E-state index contributed by atoms with van der Waals surface area (Å²) in [6.07, 6.45) is -0.975. The molecule has 0 bridgehead atoms. The predicted molar refractivity (Wildman–Crippen MR) is 141 cm³/mol. The fraction of sp³-hybridized carbons (Fsp3) is 0.429. The summed E-state index contributed by atoms with van der Waals surface area (Å²) in [4.78, 5) is 11.4. The average molecular weight is 543 g/mol. The molecule has 0 spiro atoms. The van der Waals surface area contributed by atoms with Crippen molar-refractivity contribution in [2.45, 2.75) is 72.5 Å². The molecular weight excluding hydrogens is 509 g/mol. The SMILES string of the molecule is Cc1cc(-c2nc(-c3ccc(OC(F)(F)F)cc3)no2)nn1Cc1ccnc(CCCN(C(C)C)C(C)C)c1. The zero-order valence-electron chi connectivity index (χ0n) is 22.7. The molecule has 0 N–H and O–H groups in total. The van der Waals surface area contributed by atoms with Crippen LogP contribution in [0.3, 0.4) is 0 Å². The highest BCUT2D eigenvalue weighted by Crippen LogP contribution is 2.27. The molecule has 39 heavy (non-hydrogen) atoms. The van der Waals surface area contributed by atoms with Crippen LogP contribution in [0.4, 0.5) is 13.2 Å². The number of hydrogen-bond acceptors (Lipinski definition) is 7. The molecule has 0 atom stereocenters. The van der Waals surface area contributed by atoms with E-state index in [1.165, 1.54) is 24.3 Å². The van der Waals surface area contributed by atoms with Crippen molar-refractivity contribution in [2.75, 3.05) is 6.54 Å². The normalized spacial score (nSPS) is 12.2. The molecule has 4 aromatic rings. The first kappa shape index (κ1) is 28.3. The Morgan fingerprint density at radius 2 is 1.74 bits per heavy atom. The smallest absolute Gasteiger partial charge is 0.406 e. The Bertz CT molecular complexity index is 1350. The Labute approximate surface area is 225 Å². The highest BCUT2D eigenvalue weighted by atomic mass is 19.4. The van der Waals surface area contributed by atoms with Crippen LogP contribution >= 0.6 is 0 Å². The zero-order chi connectivity index (χ0) is 28.2. The molecule has 0 amide bonds. The molecule has 0 aliphatic rings. The molecule has 4 rings (SSSR count). The highest BCUT2D eigenvalue weighted by Gasteiger charge is 2.31. The van der Waals surface area contributed by atoms with Crippen molar-refractivity contribution >= 4 is 0 Å². The summed E-state index contributed by atoms with van der Waals surface area (Å²) in [5.74, 6) is 0.137. The largest absolute Gasteiger partial charge is 0.573 e. The van der Waals surface area contributed by atoms with Crippen LogP contribution in [0.2, 0.25) is 0 Å². The van der Waals surface area contributed by atoms with E-state index in [4.69, 9.17) is 4.52 Å². The molecule has 0 radical (unpaired) electrons. The molecule has 0 unspecified atom stereocenters. The second-order valence-corrected chi connectivity index (χ2v) is 10.0. The third-order valence-corrected chi connectivity index (χ3v) is 6.36. The van der Waals surface area contributed by atoms with Crippen LogP contribution in [0, 0.1) is 6.92 Å². The Kier molecular flexibility index (Phi) is 8.69. The first-order valence-electron chi connectivity index (χ1n) is 12.9. The Hall–Kier alpha value is -3.73. The summed E-state index contributed by atoms with van der Waals surface area (Å²) in [6.45, 7) is 12.4. The van der Waals surface area contributed by atoms with Gasteiger partial charge in [0.1, 0.15) is 5.75 Å². The van der Waals surface area contributed by atoms with Crippen LogP contribution in [0.5, 0.6) is 5.75 Å². The number of pyridine rings is 1. The molecule has 1 aromatic carbocycles. The summed E-state index contributed by atoms with van der Waals surface area (Å²) in [7, 11) is 0. The van der Waals surface area contributed by atoms with Gasteiger partial charge in [0.25, 0.3) is 5.89 Å². The molecule has 11 heteroatoms. The number of aromatic nitrogens is 5. The van der Waals surface area contributed by atoms with Gasteiger partial charge in [0.05, 0.1) is 6.54 Å². The van der Waals surface area contributed by atoms with Crippen molar-refractivity contribution in [1.29, 1.82) is 0 Å². The number of benzene rings is 1. The van der Waals surface area contributed by atoms with Gasteiger partial charge in [-0.1, -0.05) is 5.16 Å². The maximum Gasteiger partial charge on any atom is 0.573 e. The quantitative estimate of drug-likeness (QED) is 0.220. The van der Waals surface area contributed by atoms with Crippen molar-refractivity contribution < 1.29 is 22.4 Å². The minimum absolute atomic E-state index is 0.220. The molecule has 0 fully saturated rings. The number of halogens is 3. The van der Waals surface area contributed by atoms with Gasteiger partial charge in [-0.15, -0.1) is 13.2 Å². The van der Waals surface area contributed by atoms with E-state index in [-0.39, 0.29) is 17.5 Å². The second kappa shape index (κ2) is 12.0. The van der Waals surface area contributed by atoms with Crippen LogP contribution in [-0.4, -0.2) is 54.8 Å². The van der Waals surface area contributed by atoms with Crippen molar-refractivity contribution in [3.63, 3.8) is 0 Å². The summed E-state index contributed by atoms with van der Waals surface area (Å²) in [5, 5.41) is 8.59. The average Bonchev–Trinajstić information content (AvgIpc) is 3.48. The first-order chi connectivity index (χ1) is 18.5. The van der Waals surface area contributed by atoms with Gasteiger partial charge >= 0.3 is 6.36 Å². The fourth-order valence-electron chi connectivity index (χ4n) is 4.52. The van der Waals surface area contributed by atoms with Crippen LogP contribution < -0.4 is 4.74 Å². The highest BCUT2D eigenvalue weighted by molar-refractivity contribution is 5.58. The lowest BCUT2D eigenvalue weighted by Crippen LogP contribution is -2.37. The second-order valence-electron chi connectivity index (χ2n) is 10.0. The van der Waals surface area contributed by atoms with E-state index in [0.29, 0.717) is 29.9 Å². The first-order valence-corrected chi connectivity index (χ1v) is 12.9. The van der Waals surface area contributed by atoms with Crippen molar-refractivity contribution in [3.8, 4) is 28.7 Å². The monoisotopic (exact) mass is 542 g/mol. The van der Waals surface area contributed by atoms with Crippen molar-refractivity contribution in [3.05, 3.63) is 65.6 Å². The maximum absolute atomic E-state index is 12.4. The van der Waals surface area contributed by atoms with E-state index in [2.05, 4.69) is 63.6 Å². The van der Waals surface area contributed by atoms with Gasteiger partial charge in [-0.25, -0.2) is 0 Å². The molecule has 0 saturated carbocycles. The standard InChI is InChI=1S/C28H33F3N6O2/c1-18(2)36(19(3)4)14-6-7-23-16-21(12-13-32-23)17-37-20(5)15-25(34-37)27-33-26(35-39-27)22-8-10-24(11-9-22)38-28(29,30)31/h8-13,15-16,18-19H,6-7,14,17H2,1-5H3. The number of nitrogens with zero attached hydrogens (tertiary/aromatic N) is 6. The summed E-state index contributed by atoms with van der Waals surface area (Å²) in [6, 6.07) is 12.2. The third kappa shape index (κ3) is 7.66.